The molecule has 0 fully saturated rings. The lowest BCUT2D eigenvalue weighted by molar-refractivity contribution is -0.137. The third-order valence-corrected chi connectivity index (χ3v) is 4.20. The van der Waals surface area contributed by atoms with Crippen LogP contribution in [0.5, 0.6) is 0 Å². The molecule has 0 aromatic rings. The van der Waals surface area contributed by atoms with Crippen molar-refractivity contribution in [1.82, 2.24) is 9.03 Å². The summed E-state index contributed by atoms with van der Waals surface area (Å²) in [5, 5.41) is 17.4. The summed E-state index contributed by atoms with van der Waals surface area (Å²) in [5.74, 6) is -1.01. The van der Waals surface area contributed by atoms with E-state index in [0.29, 0.717) is 6.42 Å². The molecule has 0 aliphatic rings. The highest BCUT2D eigenvalue weighted by molar-refractivity contribution is 7.87. The van der Waals surface area contributed by atoms with Crippen LogP contribution in [0.2, 0.25) is 0 Å². The fraction of sp³-hybridized carbons (Fsp3) is 0.900. The van der Waals surface area contributed by atoms with Crippen molar-refractivity contribution >= 4 is 16.2 Å². The number of aliphatic carboxylic acids is 1. The molecule has 7 nitrogen and oxygen atoms in total. The zero-order valence-corrected chi connectivity index (χ0v) is 11.8. The van der Waals surface area contributed by atoms with Gasteiger partial charge in [-0.15, -0.1) is 0 Å². The summed E-state index contributed by atoms with van der Waals surface area (Å²) in [6.45, 7) is 3.50. The first-order valence-electron chi connectivity index (χ1n) is 5.77. The highest BCUT2D eigenvalue weighted by atomic mass is 32.2. The van der Waals surface area contributed by atoms with Gasteiger partial charge in [0.25, 0.3) is 10.2 Å². The smallest absolute Gasteiger partial charge is 0.304 e. The van der Waals surface area contributed by atoms with Gasteiger partial charge in [0.05, 0.1) is 6.42 Å². The Bertz CT molecular complexity index is 355. The zero-order chi connectivity index (χ0) is 14.3. The molecular weight excluding hydrogens is 260 g/mol. The summed E-state index contributed by atoms with van der Waals surface area (Å²) >= 11 is 0. The SMILES string of the molecule is CC(C)C(CCO)NS(=O)(=O)N(C)CCC(=O)O. The van der Waals surface area contributed by atoms with E-state index in [2.05, 4.69) is 4.72 Å². The molecular formula is C10H22N2O5S. The lowest BCUT2D eigenvalue weighted by Gasteiger charge is -2.25. The number of hydrogen-bond acceptors (Lipinski definition) is 4. The van der Waals surface area contributed by atoms with E-state index in [1.807, 2.05) is 13.8 Å². The van der Waals surface area contributed by atoms with Crippen LogP contribution in [0.25, 0.3) is 0 Å². The first kappa shape index (κ1) is 17.3. The Morgan fingerprint density at radius 2 is 1.94 bits per heavy atom. The summed E-state index contributed by atoms with van der Waals surface area (Å²) < 4.78 is 27.2. The number of nitrogens with one attached hydrogen (secondary N) is 1. The van der Waals surface area contributed by atoms with E-state index in [1.54, 1.807) is 0 Å². The summed E-state index contributed by atoms with van der Waals surface area (Å²) in [4.78, 5) is 10.4. The van der Waals surface area contributed by atoms with Crippen molar-refractivity contribution in [3.05, 3.63) is 0 Å². The molecule has 0 amide bonds. The monoisotopic (exact) mass is 282 g/mol. The molecule has 0 radical (unpaired) electrons. The van der Waals surface area contributed by atoms with Gasteiger partial charge in [-0.05, 0) is 12.3 Å². The molecule has 0 bridgehead atoms. The molecule has 108 valence electrons. The molecule has 1 atom stereocenters. The number of carboxylic acids is 1. The maximum atomic E-state index is 11.9. The van der Waals surface area contributed by atoms with Crippen molar-refractivity contribution < 1.29 is 23.4 Å². The Labute approximate surface area is 108 Å². The number of carbonyl (C=O) groups is 1. The number of aliphatic hydroxyl groups is 1. The summed E-state index contributed by atoms with van der Waals surface area (Å²) in [7, 11) is -2.39. The van der Waals surface area contributed by atoms with Crippen LogP contribution in [0.15, 0.2) is 0 Å². The largest absolute Gasteiger partial charge is 0.481 e. The van der Waals surface area contributed by atoms with Gasteiger partial charge in [-0.2, -0.15) is 17.4 Å². The minimum Gasteiger partial charge on any atom is -0.481 e. The van der Waals surface area contributed by atoms with Gasteiger partial charge >= 0.3 is 5.97 Å². The van der Waals surface area contributed by atoms with Gasteiger partial charge in [-0.3, -0.25) is 4.79 Å². The molecule has 0 aromatic carbocycles. The Morgan fingerprint density at radius 3 is 2.33 bits per heavy atom. The van der Waals surface area contributed by atoms with Crippen molar-refractivity contribution in [2.24, 2.45) is 5.92 Å². The van der Waals surface area contributed by atoms with Gasteiger partial charge in [0.15, 0.2) is 0 Å². The van der Waals surface area contributed by atoms with E-state index in [-0.39, 0.29) is 31.5 Å². The van der Waals surface area contributed by atoms with Gasteiger partial charge in [-0.1, -0.05) is 13.8 Å². The second-order valence-electron chi connectivity index (χ2n) is 4.45. The average Bonchev–Trinajstić information content (AvgIpc) is 2.24. The van der Waals surface area contributed by atoms with E-state index in [4.69, 9.17) is 10.2 Å². The van der Waals surface area contributed by atoms with Crippen LogP contribution < -0.4 is 4.72 Å². The van der Waals surface area contributed by atoms with Crippen molar-refractivity contribution in [1.29, 1.82) is 0 Å². The van der Waals surface area contributed by atoms with E-state index in [0.717, 1.165) is 4.31 Å². The quantitative estimate of drug-likeness (QED) is 0.535. The van der Waals surface area contributed by atoms with E-state index in [1.165, 1.54) is 7.05 Å². The fourth-order valence-corrected chi connectivity index (χ4v) is 2.61. The molecule has 0 rings (SSSR count). The van der Waals surface area contributed by atoms with Crippen molar-refractivity contribution in [3.8, 4) is 0 Å². The fourth-order valence-electron chi connectivity index (χ4n) is 1.32. The van der Waals surface area contributed by atoms with Gasteiger partial charge < -0.3 is 10.2 Å². The molecule has 8 heteroatoms. The molecule has 0 aliphatic carbocycles. The second kappa shape index (κ2) is 7.67. The van der Waals surface area contributed by atoms with Crippen molar-refractivity contribution in [2.45, 2.75) is 32.7 Å². The molecule has 0 spiro atoms. The molecule has 0 saturated carbocycles. The number of rotatable bonds is 9. The lowest BCUT2D eigenvalue weighted by atomic mass is 10.0. The highest BCUT2D eigenvalue weighted by Gasteiger charge is 2.24. The lowest BCUT2D eigenvalue weighted by Crippen LogP contribution is -2.46. The topological polar surface area (TPSA) is 107 Å². The number of carboxylic acid groups (broad SMARTS) is 1. The van der Waals surface area contributed by atoms with Crippen LogP contribution >= 0.6 is 0 Å². The molecule has 0 aliphatic heterocycles. The van der Waals surface area contributed by atoms with Gasteiger partial charge in [0, 0.05) is 26.2 Å². The van der Waals surface area contributed by atoms with Crippen LogP contribution in [0.4, 0.5) is 0 Å². The predicted octanol–water partition coefficient (Wildman–Crippen LogP) is -0.366. The van der Waals surface area contributed by atoms with Crippen molar-refractivity contribution in [3.63, 3.8) is 0 Å². The Kier molecular flexibility index (Phi) is 7.37. The van der Waals surface area contributed by atoms with E-state index in [9.17, 15) is 13.2 Å². The summed E-state index contributed by atoms with van der Waals surface area (Å²) in [5.41, 5.74) is 0. The zero-order valence-electron chi connectivity index (χ0n) is 11.0. The van der Waals surface area contributed by atoms with Crippen LogP contribution in [-0.4, -0.2) is 55.1 Å². The Balaban J connectivity index is 4.56. The normalized spacial score (nSPS) is 14.1. The van der Waals surface area contributed by atoms with Gasteiger partial charge in [0.1, 0.15) is 0 Å². The van der Waals surface area contributed by atoms with Gasteiger partial charge in [0.2, 0.25) is 0 Å². The molecule has 0 heterocycles. The average molecular weight is 282 g/mol. The molecule has 1 unspecified atom stereocenters. The molecule has 0 aromatic heterocycles. The Hall–Kier alpha value is -0.700. The third kappa shape index (κ3) is 6.29. The summed E-state index contributed by atoms with van der Waals surface area (Å²) in [6.07, 6.45) is 0.0768. The number of aliphatic hydroxyl groups excluding tert-OH is 1. The maximum Gasteiger partial charge on any atom is 0.304 e. The highest BCUT2D eigenvalue weighted by Crippen LogP contribution is 2.08. The summed E-state index contributed by atoms with van der Waals surface area (Å²) in [6, 6.07) is -0.368. The number of hydrogen-bond donors (Lipinski definition) is 3. The standard InChI is InChI=1S/C10H22N2O5S/c1-8(2)9(5-7-13)11-18(16,17)12(3)6-4-10(14)15/h8-9,11,13H,4-7H2,1-3H3,(H,14,15). The van der Waals surface area contributed by atoms with E-state index < -0.39 is 16.2 Å². The molecule has 0 saturated heterocycles. The number of nitrogens with zero attached hydrogens (tertiary/aromatic N) is 1. The molecule has 18 heavy (non-hydrogen) atoms. The van der Waals surface area contributed by atoms with Crippen LogP contribution in [0, 0.1) is 5.92 Å². The third-order valence-electron chi connectivity index (χ3n) is 2.60. The minimum atomic E-state index is -3.71. The second-order valence-corrected chi connectivity index (χ2v) is 6.26. The maximum absolute atomic E-state index is 11.9. The first-order chi connectivity index (χ1) is 8.20. The van der Waals surface area contributed by atoms with Gasteiger partial charge in [-0.25, -0.2) is 0 Å². The Morgan fingerprint density at radius 1 is 1.39 bits per heavy atom. The van der Waals surface area contributed by atoms with Crippen LogP contribution in [0.3, 0.4) is 0 Å². The minimum absolute atomic E-state index is 0.0415. The van der Waals surface area contributed by atoms with Crippen LogP contribution in [0.1, 0.15) is 26.7 Å². The first-order valence-corrected chi connectivity index (χ1v) is 7.21. The molecule has 3 N–H and O–H groups in total. The predicted molar refractivity (Wildman–Crippen MR) is 67.3 cm³/mol. The van der Waals surface area contributed by atoms with E-state index >= 15 is 0 Å². The van der Waals surface area contributed by atoms with Crippen molar-refractivity contribution in [2.75, 3.05) is 20.2 Å². The van der Waals surface area contributed by atoms with Crippen LogP contribution in [-0.2, 0) is 15.0 Å².